The fraction of sp³-hybridized carbons (Fsp3) is 0.294. The summed E-state index contributed by atoms with van der Waals surface area (Å²) >= 11 is 3.08. The molecule has 0 radical (unpaired) electrons. The van der Waals surface area contributed by atoms with Crippen LogP contribution in [0.2, 0.25) is 0 Å². The average Bonchev–Trinajstić information content (AvgIpc) is 3.26. The van der Waals surface area contributed by atoms with E-state index >= 15 is 0 Å². The lowest BCUT2D eigenvalue weighted by Crippen LogP contribution is -2.13. The Morgan fingerprint density at radius 3 is 2.80 bits per heavy atom. The van der Waals surface area contributed by atoms with Crippen molar-refractivity contribution >= 4 is 48.9 Å². The maximum Gasteiger partial charge on any atom is 0.251 e. The van der Waals surface area contributed by atoms with Crippen molar-refractivity contribution in [2.45, 2.75) is 19.3 Å². The van der Waals surface area contributed by atoms with Crippen molar-refractivity contribution in [3.05, 3.63) is 28.1 Å². The second kappa shape index (κ2) is 6.20. The molecule has 1 aliphatic carbocycles. The van der Waals surface area contributed by atoms with Crippen LogP contribution < -0.4 is 20.5 Å². The van der Waals surface area contributed by atoms with Crippen LogP contribution in [0, 0.1) is 0 Å². The first kappa shape index (κ1) is 16.2. The highest BCUT2D eigenvalue weighted by Crippen LogP contribution is 2.42. The number of nitrogens with two attached hydrogens (primary N) is 1. The molecule has 0 fully saturated rings. The lowest BCUT2D eigenvalue weighted by molar-refractivity contribution is 0.100. The molecule has 3 aromatic rings. The maximum atomic E-state index is 11.9. The fourth-order valence-electron chi connectivity index (χ4n) is 3.15. The van der Waals surface area contributed by atoms with Crippen molar-refractivity contribution in [3.63, 3.8) is 0 Å². The lowest BCUT2D eigenvalue weighted by Gasteiger charge is -2.04. The van der Waals surface area contributed by atoms with Crippen LogP contribution in [0.3, 0.4) is 0 Å². The van der Waals surface area contributed by atoms with Crippen molar-refractivity contribution in [3.8, 4) is 11.5 Å². The number of ether oxygens (including phenoxy) is 2. The van der Waals surface area contributed by atoms with Gasteiger partial charge in [-0.15, -0.1) is 11.3 Å². The highest BCUT2D eigenvalue weighted by atomic mass is 32.1. The molecular formula is C17H17N3O3S2. The number of thiazole rings is 1. The predicted octanol–water partition coefficient (Wildman–Crippen LogP) is 3.71. The monoisotopic (exact) mass is 375 g/mol. The Bertz CT molecular complexity index is 977. The summed E-state index contributed by atoms with van der Waals surface area (Å²) < 4.78 is 11.7. The molecule has 3 N–H and O–H groups in total. The third-order valence-corrected chi connectivity index (χ3v) is 6.40. The number of fused-ring (bicyclic) bond motifs is 2. The van der Waals surface area contributed by atoms with Gasteiger partial charge in [0.15, 0.2) is 5.13 Å². The predicted molar refractivity (Wildman–Crippen MR) is 101 cm³/mol. The van der Waals surface area contributed by atoms with E-state index in [0.717, 1.165) is 40.0 Å². The van der Waals surface area contributed by atoms with E-state index in [1.807, 2.05) is 6.07 Å². The summed E-state index contributed by atoms with van der Waals surface area (Å²) in [5, 5.41) is 4.77. The number of nitrogens with zero attached hydrogens (tertiary/aromatic N) is 1. The molecule has 0 saturated heterocycles. The van der Waals surface area contributed by atoms with E-state index in [1.165, 1.54) is 16.2 Å². The van der Waals surface area contributed by atoms with Crippen LogP contribution >= 0.6 is 22.7 Å². The number of benzene rings is 1. The van der Waals surface area contributed by atoms with E-state index in [1.54, 1.807) is 31.6 Å². The molecule has 2 aromatic heterocycles. The first-order chi connectivity index (χ1) is 12.1. The Morgan fingerprint density at radius 2 is 2.08 bits per heavy atom. The van der Waals surface area contributed by atoms with Crippen molar-refractivity contribution in [1.82, 2.24) is 4.98 Å². The molecular weight excluding hydrogens is 358 g/mol. The molecule has 0 spiro atoms. The second-order valence-corrected chi connectivity index (χ2v) is 7.88. The fourth-order valence-corrected chi connectivity index (χ4v) is 5.43. The summed E-state index contributed by atoms with van der Waals surface area (Å²) in [6.45, 7) is 0. The number of nitrogens with one attached hydrogen (secondary N) is 1. The number of aromatic nitrogens is 1. The van der Waals surface area contributed by atoms with Crippen molar-refractivity contribution in [2.24, 2.45) is 5.73 Å². The molecule has 0 saturated carbocycles. The largest absolute Gasteiger partial charge is 0.497 e. The van der Waals surface area contributed by atoms with Gasteiger partial charge in [0.2, 0.25) is 0 Å². The molecule has 8 heteroatoms. The first-order valence-corrected chi connectivity index (χ1v) is 9.48. The lowest BCUT2D eigenvalue weighted by atomic mass is 10.1. The van der Waals surface area contributed by atoms with Gasteiger partial charge in [-0.1, -0.05) is 11.3 Å². The zero-order valence-corrected chi connectivity index (χ0v) is 15.5. The van der Waals surface area contributed by atoms with E-state index in [0.29, 0.717) is 22.2 Å². The van der Waals surface area contributed by atoms with Gasteiger partial charge < -0.3 is 20.5 Å². The van der Waals surface area contributed by atoms with Gasteiger partial charge in [0.1, 0.15) is 22.0 Å². The molecule has 0 unspecified atom stereocenters. The van der Waals surface area contributed by atoms with Gasteiger partial charge in [0.05, 0.1) is 24.5 Å². The van der Waals surface area contributed by atoms with Gasteiger partial charge in [0, 0.05) is 10.9 Å². The van der Waals surface area contributed by atoms with E-state index in [4.69, 9.17) is 15.2 Å². The van der Waals surface area contributed by atoms with Gasteiger partial charge in [-0.25, -0.2) is 4.98 Å². The number of amides is 1. The van der Waals surface area contributed by atoms with Crippen LogP contribution in [0.1, 0.15) is 27.2 Å². The third kappa shape index (κ3) is 2.71. The average molecular weight is 375 g/mol. The highest BCUT2D eigenvalue weighted by molar-refractivity contribution is 7.23. The molecule has 0 aliphatic heterocycles. The van der Waals surface area contributed by atoms with Gasteiger partial charge >= 0.3 is 0 Å². The van der Waals surface area contributed by atoms with Gasteiger partial charge in [-0.05, 0) is 30.9 Å². The highest BCUT2D eigenvalue weighted by Gasteiger charge is 2.26. The molecule has 0 atom stereocenters. The van der Waals surface area contributed by atoms with Gasteiger partial charge in [-0.3, -0.25) is 4.79 Å². The molecule has 1 amide bonds. The number of primary amides is 1. The molecule has 1 aliphatic rings. The smallest absolute Gasteiger partial charge is 0.251 e. The van der Waals surface area contributed by atoms with Crippen LogP contribution in [0.5, 0.6) is 11.5 Å². The molecule has 6 nitrogen and oxygen atoms in total. The van der Waals surface area contributed by atoms with Crippen molar-refractivity contribution in [1.29, 1.82) is 0 Å². The Kier molecular flexibility index (Phi) is 4.01. The Balaban J connectivity index is 1.76. The molecule has 4 rings (SSSR count). The summed E-state index contributed by atoms with van der Waals surface area (Å²) in [6, 6.07) is 3.73. The third-order valence-electron chi connectivity index (χ3n) is 4.28. The van der Waals surface area contributed by atoms with Gasteiger partial charge in [-0.2, -0.15) is 0 Å². The van der Waals surface area contributed by atoms with E-state index < -0.39 is 0 Å². The summed E-state index contributed by atoms with van der Waals surface area (Å²) in [5.74, 6) is 0.984. The summed E-state index contributed by atoms with van der Waals surface area (Å²) in [5.41, 5.74) is 8.09. The zero-order chi connectivity index (χ0) is 17.6. The van der Waals surface area contributed by atoms with Crippen molar-refractivity contribution in [2.75, 3.05) is 19.5 Å². The topological polar surface area (TPSA) is 86.5 Å². The number of methoxy groups -OCH3 is 2. The number of carbonyl (C=O) groups excluding carboxylic acids is 1. The SMILES string of the molecule is COc1cc(OC)c2nc(Nc3sc4c(c3C(N)=O)CCC4)sc2c1. The number of thiophene rings is 1. The minimum atomic E-state index is -0.387. The Labute approximate surface area is 152 Å². The van der Waals surface area contributed by atoms with Crippen molar-refractivity contribution < 1.29 is 14.3 Å². The summed E-state index contributed by atoms with van der Waals surface area (Å²) in [7, 11) is 3.23. The van der Waals surface area contributed by atoms with Crippen LogP contribution in [-0.2, 0) is 12.8 Å². The number of hydrogen-bond acceptors (Lipinski definition) is 7. The van der Waals surface area contributed by atoms with Crippen LogP contribution in [0.4, 0.5) is 10.1 Å². The second-order valence-electron chi connectivity index (χ2n) is 5.75. The molecule has 1 aromatic carbocycles. The molecule has 25 heavy (non-hydrogen) atoms. The van der Waals surface area contributed by atoms with E-state index in [9.17, 15) is 4.79 Å². The number of hydrogen-bond donors (Lipinski definition) is 2. The zero-order valence-electron chi connectivity index (χ0n) is 13.8. The van der Waals surface area contributed by atoms with Crippen LogP contribution in [0.25, 0.3) is 10.2 Å². The first-order valence-electron chi connectivity index (χ1n) is 7.84. The standard InChI is InChI=1S/C17H17N3O3S2/c1-22-8-6-10(23-2)14-12(7-8)25-17(19-14)20-16-13(15(18)21)9-4-3-5-11(9)24-16/h6-7H,3-5H2,1-2H3,(H2,18,21)(H,19,20). The number of aryl methyl sites for hydroxylation is 1. The molecule has 2 heterocycles. The quantitative estimate of drug-likeness (QED) is 0.710. The summed E-state index contributed by atoms with van der Waals surface area (Å²) in [6.07, 6.45) is 3.00. The van der Waals surface area contributed by atoms with Crippen LogP contribution in [0.15, 0.2) is 12.1 Å². The molecule has 0 bridgehead atoms. The number of rotatable bonds is 5. The summed E-state index contributed by atoms with van der Waals surface area (Å²) in [4.78, 5) is 17.8. The van der Waals surface area contributed by atoms with E-state index in [-0.39, 0.29) is 5.91 Å². The molecule has 130 valence electrons. The van der Waals surface area contributed by atoms with E-state index in [2.05, 4.69) is 10.3 Å². The minimum Gasteiger partial charge on any atom is -0.497 e. The van der Waals surface area contributed by atoms with Gasteiger partial charge in [0.25, 0.3) is 5.91 Å². The Morgan fingerprint density at radius 1 is 1.24 bits per heavy atom. The Hall–Kier alpha value is -2.32. The number of carbonyl (C=O) groups is 1. The van der Waals surface area contributed by atoms with Crippen LogP contribution in [-0.4, -0.2) is 25.1 Å². The normalized spacial score (nSPS) is 13.0. The maximum absolute atomic E-state index is 11.9. The number of anilines is 2. The minimum absolute atomic E-state index is 0.387.